The Morgan fingerprint density at radius 2 is 1.81 bits per heavy atom. The number of carbonyl (C=O) groups excluding carboxylic acids is 1. The second-order valence-electron chi connectivity index (χ2n) is 4.22. The monoisotopic (exact) mass is 220 g/mol. The fraction of sp³-hybridized carbons (Fsp3) is 0.583. The van der Waals surface area contributed by atoms with Crippen LogP contribution in [0.4, 0.5) is 0 Å². The van der Waals surface area contributed by atoms with Crippen molar-refractivity contribution in [2.45, 2.75) is 39.7 Å². The van der Waals surface area contributed by atoms with Gasteiger partial charge in [0.2, 0.25) is 0 Å². The molecule has 1 aromatic rings. The molecule has 0 saturated carbocycles. The number of carbonyl (C=O) groups is 1. The van der Waals surface area contributed by atoms with Crippen molar-refractivity contribution < 1.29 is 9.53 Å². The van der Waals surface area contributed by atoms with Crippen LogP contribution in [0.1, 0.15) is 41.7 Å². The standard InChI is InChI=1S/C12H16N2O2/c1-7-8(2)14-12(9(3)13-7)11-6-10(15)4-5-16-11/h11H,4-6H2,1-3H3. The molecule has 4 nitrogen and oxygen atoms in total. The SMILES string of the molecule is Cc1nc(C)c(C2CC(=O)CCO2)nc1C. The molecule has 1 saturated heterocycles. The van der Waals surface area contributed by atoms with Gasteiger partial charge in [-0.15, -0.1) is 0 Å². The van der Waals surface area contributed by atoms with Gasteiger partial charge in [-0.25, -0.2) is 0 Å². The van der Waals surface area contributed by atoms with Crippen LogP contribution in [-0.4, -0.2) is 22.4 Å². The number of ether oxygens (including phenoxy) is 1. The molecule has 0 aromatic carbocycles. The van der Waals surface area contributed by atoms with E-state index in [1.54, 1.807) is 0 Å². The largest absolute Gasteiger partial charge is 0.371 e. The zero-order valence-electron chi connectivity index (χ0n) is 9.91. The topological polar surface area (TPSA) is 52.1 Å². The van der Waals surface area contributed by atoms with E-state index < -0.39 is 0 Å². The third-order valence-electron chi connectivity index (χ3n) is 2.94. The average Bonchev–Trinajstić information content (AvgIpc) is 2.23. The van der Waals surface area contributed by atoms with E-state index in [4.69, 9.17) is 4.74 Å². The summed E-state index contributed by atoms with van der Waals surface area (Å²) in [6.07, 6.45) is 0.749. The number of hydrogen-bond donors (Lipinski definition) is 0. The van der Waals surface area contributed by atoms with Crippen molar-refractivity contribution in [3.05, 3.63) is 22.8 Å². The molecular weight excluding hydrogens is 204 g/mol. The van der Waals surface area contributed by atoms with E-state index in [1.165, 1.54) is 0 Å². The highest BCUT2D eigenvalue weighted by atomic mass is 16.5. The van der Waals surface area contributed by atoms with Crippen LogP contribution in [0.15, 0.2) is 0 Å². The lowest BCUT2D eigenvalue weighted by Crippen LogP contribution is -2.21. The normalized spacial score (nSPS) is 21.2. The van der Waals surface area contributed by atoms with Gasteiger partial charge in [0.05, 0.1) is 29.4 Å². The minimum atomic E-state index is -0.201. The summed E-state index contributed by atoms with van der Waals surface area (Å²) < 4.78 is 5.59. The molecule has 1 aliphatic rings. The van der Waals surface area contributed by atoms with Crippen molar-refractivity contribution in [3.8, 4) is 0 Å². The van der Waals surface area contributed by atoms with E-state index in [-0.39, 0.29) is 11.9 Å². The lowest BCUT2D eigenvalue weighted by atomic mass is 10.0. The average molecular weight is 220 g/mol. The summed E-state index contributed by atoms with van der Waals surface area (Å²) in [4.78, 5) is 20.3. The van der Waals surface area contributed by atoms with Crippen molar-refractivity contribution in [2.24, 2.45) is 0 Å². The molecule has 1 fully saturated rings. The van der Waals surface area contributed by atoms with Crippen molar-refractivity contribution in [1.29, 1.82) is 0 Å². The first-order chi connectivity index (χ1) is 7.58. The molecule has 0 radical (unpaired) electrons. The zero-order valence-corrected chi connectivity index (χ0v) is 9.91. The summed E-state index contributed by atoms with van der Waals surface area (Å²) in [6.45, 7) is 6.27. The predicted octanol–water partition coefficient (Wildman–Crippen LogP) is 1.82. The number of hydrogen-bond acceptors (Lipinski definition) is 4. The third kappa shape index (κ3) is 2.11. The van der Waals surface area contributed by atoms with Crippen LogP contribution in [0, 0.1) is 20.8 Å². The van der Waals surface area contributed by atoms with Gasteiger partial charge in [-0.3, -0.25) is 14.8 Å². The molecule has 1 atom stereocenters. The Morgan fingerprint density at radius 3 is 2.50 bits per heavy atom. The molecule has 0 bridgehead atoms. The van der Waals surface area contributed by atoms with Gasteiger partial charge < -0.3 is 4.74 Å². The maximum absolute atomic E-state index is 11.4. The number of nitrogens with zero attached hydrogens (tertiary/aromatic N) is 2. The lowest BCUT2D eigenvalue weighted by molar-refractivity contribution is -0.128. The number of Topliss-reactive ketones (excluding diaryl/α,β-unsaturated/α-hetero) is 1. The first kappa shape index (κ1) is 11.2. The van der Waals surface area contributed by atoms with Crippen LogP contribution in [-0.2, 0) is 9.53 Å². The molecule has 0 amide bonds. The Labute approximate surface area is 95.1 Å². The highest BCUT2D eigenvalue weighted by molar-refractivity contribution is 5.79. The van der Waals surface area contributed by atoms with E-state index in [2.05, 4.69) is 9.97 Å². The van der Waals surface area contributed by atoms with Crippen LogP contribution >= 0.6 is 0 Å². The third-order valence-corrected chi connectivity index (χ3v) is 2.94. The van der Waals surface area contributed by atoms with E-state index >= 15 is 0 Å². The first-order valence-electron chi connectivity index (χ1n) is 5.53. The van der Waals surface area contributed by atoms with Gasteiger partial charge in [0.25, 0.3) is 0 Å². The molecular formula is C12H16N2O2. The highest BCUT2D eigenvalue weighted by Gasteiger charge is 2.25. The first-order valence-corrected chi connectivity index (χ1v) is 5.53. The molecule has 0 spiro atoms. The maximum atomic E-state index is 11.4. The van der Waals surface area contributed by atoms with Crippen LogP contribution in [0.2, 0.25) is 0 Å². The number of aryl methyl sites for hydroxylation is 3. The van der Waals surface area contributed by atoms with Crippen molar-refractivity contribution in [2.75, 3.05) is 6.61 Å². The molecule has 2 heterocycles. The quantitative estimate of drug-likeness (QED) is 0.724. The minimum absolute atomic E-state index is 0.201. The second kappa shape index (κ2) is 4.29. The zero-order chi connectivity index (χ0) is 11.7. The molecule has 1 aliphatic heterocycles. The van der Waals surface area contributed by atoms with Crippen molar-refractivity contribution in [3.63, 3.8) is 0 Å². The molecule has 1 aromatic heterocycles. The molecule has 0 N–H and O–H groups in total. The van der Waals surface area contributed by atoms with Gasteiger partial charge in [-0.1, -0.05) is 0 Å². The summed E-state index contributed by atoms with van der Waals surface area (Å²) in [6, 6.07) is 0. The molecule has 4 heteroatoms. The van der Waals surface area contributed by atoms with Crippen LogP contribution in [0.5, 0.6) is 0 Å². The minimum Gasteiger partial charge on any atom is -0.371 e. The summed E-state index contributed by atoms with van der Waals surface area (Å²) in [5.74, 6) is 0.246. The summed E-state index contributed by atoms with van der Waals surface area (Å²) in [5.41, 5.74) is 3.52. The fourth-order valence-corrected chi connectivity index (χ4v) is 1.90. The van der Waals surface area contributed by atoms with Gasteiger partial charge in [0.15, 0.2) is 0 Å². The van der Waals surface area contributed by atoms with E-state index in [0.29, 0.717) is 19.4 Å². The molecule has 1 unspecified atom stereocenters. The molecule has 0 aliphatic carbocycles. The Bertz CT molecular complexity index is 429. The molecule has 86 valence electrons. The lowest BCUT2D eigenvalue weighted by Gasteiger charge is -2.22. The maximum Gasteiger partial charge on any atom is 0.138 e. The van der Waals surface area contributed by atoms with Crippen molar-refractivity contribution >= 4 is 5.78 Å². The fourth-order valence-electron chi connectivity index (χ4n) is 1.90. The smallest absolute Gasteiger partial charge is 0.138 e. The number of ketones is 1. The second-order valence-corrected chi connectivity index (χ2v) is 4.22. The number of aromatic nitrogens is 2. The number of rotatable bonds is 1. The summed E-state index contributed by atoms with van der Waals surface area (Å²) >= 11 is 0. The van der Waals surface area contributed by atoms with Gasteiger partial charge in [-0.05, 0) is 20.8 Å². The van der Waals surface area contributed by atoms with Gasteiger partial charge in [0.1, 0.15) is 11.9 Å². The van der Waals surface area contributed by atoms with Crippen LogP contribution in [0.25, 0.3) is 0 Å². The van der Waals surface area contributed by atoms with Crippen LogP contribution < -0.4 is 0 Å². The van der Waals surface area contributed by atoms with Crippen LogP contribution in [0.3, 0.4) is 0 Å². The van der Waals surface area contributed by atoms with Crippen molar-refractivity contribution in [1.82, 2.24) is 9.97 Å². The van der Waals surface area contributed by atoms with E-state index in [0.717, 1.165) is 22.8 Å². The van der Waals surface area contributed by atoms with Gasteiger partial charge >= 0.3 is 0 Å². The molecule has 2 rings (SSSR count). The van der Waals surface area contributed by atoms with E-state index in [9.17, 15) is 4.79 Å². The Hall–Kier alpha value is -1.29. The van der Waals surface area contributed by atoms with Gasteiger partial charge in [0, 0.05) is 12.8 Å². The summed E-state index contributed by atoms with van der Waals surface area (Å²) in [5, 5.41) is 0. The Kier molecular flexibility index (Phi) is 3.01. The Morgan fingerprint density at radius 1 is 1.12 bits per heavy atom. The van der Waals surface area contributed by atoms with Gasteiger partial charge in [-0.2, -0.15) is 0 Å². The summed E-state index contributed by atoms with van der Waals surface area (Å²) in [7, 11) is 0. The predicted molar refractivity (Wildman–Crippen MR) is 59.2 cm³/mol. The Balaban J connectivity index is 2.32. The highest BCUT2D eigenvalue weighted by Crippen LogP contribution is 2.26. The van der Waals surface area contributed by atoms with E-state index in [1.807, 2.05) is 20.8 Å². The molecule has 16 heavy (non-hydrogen) atoms.